The summed E-state index contributed by atoms with van der Waals surface area (Å²) < 4.78 is 30.9. The highest BCUT2D eigenvalue weighted by atomic mass is 32.2. The van der Waals surface area contributed by atoms with Crippen molar-refractivity contribution in [2.75, 3.05) is 11.5 Å². The predicted molar refractivity (Wildman–Crippen MR) is 110 cm³/mol. The molecule has 1 fully saturated rings. The van der Waals surface area contributed by atoms with Gasteiger partial charge in [-0.3, -0.25) is 9.48 Å². The summed E-state index contributed by atoms with van der Waals surface area (Å²) >= 11 is 0. The molecule has 152 valence electrons. The zero-order chi connectivity index (χ0) is 20.8. The van der Waals surface area contributed by atoms with Crippen LogP contribution in [0, 0.1) is 20.8 Å². The lowest BCUT2D eigenvalue weighted by atomic mass is 10.1. The number of aryl methyl sites for hydroxylation is 2. The van der Waals surface area contributed by atoms with E-state index in [2.05, 4.69) is 15.6 Å². The van der Waals surface area contributed by atoms with Crippen molar-refractivity contribution in [3.05, 3.63) is 52.5 Å². The maximum atomic E-state index is 12.5. The molecule has 3 heterocycles. The number of sulfone groups is 1. The molecule has 0 radical (unpaired) electrons. The van der Waals surface area contributed by atoms with Crippen molar-refractivity contribution < 1.29 is 17.6 Å². The van der Waals surface area contributed by atoms with Gasteiger partial charge in [-0.15, -0.1) is 0 Å². The fourth-order valence-corrected chi connectivity index (χ4v) is 5.48. The Bertz CT molecular complexity index is 1240. The third-order valence-corrected chi connectivity index (χ3v) is 7.10. The largest absolute Gasteiger partial charge is 0.451 e. The lowest BCUT2D eigenvalue weighted by molar-refractivity contribution is 0.0928. The predicted octanol–water partition coefficient (Wildman–Crippen LogP) is 2.68. The molecule has 29 heavy (non-hydrogen) atoms. The summed E-state index contributed by atoms with van der Waals surface area (Å²) in [5.41, 5.74) is 6.22. The van der Waals surface area contributed by atoms with Crippen LogP contribution >= 0.6 is 0 Å². The van der Waals surface area contributed by atoms with E-state index in [1.54, 1.807) is 4.68 Å². The molecule has 1 aromatic carbocycles. The van der Waals surface area contributed by atoms with Crippen molar-refractivity contribution >= 4 is 32.9 Å². The van der Waals surface area contributed by atoms with Crippen molar-refractivity contribution in [3.63, 3.8) is 0 Å². The SMILES string of the molecule is Cc1nn([C@H]2CCS(=O)(=O)C2)c(C)c1/C=N\NC(=O)c1oc2ccccc2c1C. The number of benzene rings is 1. The number of hydrazone groups is 1. The number of para-hydroxylation sites is 1. The number of amides is 1. The molecule has 0 bridgehead atoms. The minimum atomic E-state index is -3.00. The number of hydrogen-bond donors (Lipinski definition) is 1. The minimum Gasteiger partial charge on any atom is -0.451 e. The molecule has 1 saturated heterocycles. The van der Waals surface area contributed by atoms with E-state index >= 15 is 0 Å². The van der Waals surface area contributed by atoms with Crippen molar-refractivity contribution in [2.24, 2.45) is 5.10 Å². The van der Waals surface area contributed by atoms with Gasteiger partial charge in [-0.25, -0.2) is 13.8 Å². The Hall–Kier alpha value is -2.94. The zero-order valence-electron chi connectivity index (χ0n) is 16.5. The summed E-state index contributed by atoms with van der Waals surface area (Å²) in [5.74, 6) is 0.0862. The first-order chi connectivity index (χ1) is 13.8. The molecule has 1 aliphatic heterocycles. The maximum Gasteiger partial charge on any atom is 0.307 e. The highest BCUT2D eigenvalue weighted by molar-refractivity contribution is 7.91. The van der Waals surface area contributed by atoms with Crippen LogP contribution in [-0.4, -0.2) is 41.8 Å². The smallest absolute Gasteiger partial charge is 0.307 e. The molecule has 2 aromatic heterocycles. The van der Waals surface area contributed by atoms with Gasteiger partial charge in [-0.1, -0.05) is 18.2 Å². The number of hydrogen-bond acceptors (Lipinski definition) is 6. The standard InChI is InChI=1S/C20H22N4O4S/c1-12-16-6-4-5-7-18(16)28-19(12)20(25)22-21-10-17-13(2)23-24(14(17)3)15-8-9-29(26,27)11-15/h4-7,10,15H,8-9,11H2,1-3H3,(H,22,25)/b21-10-/t15-/m0/s1. The minimum absolute atomic E-state index is 0.105. The lowest BCUT2D eigenvalue weighted by Crippen LogP contribution is -2.18. The number of furan rings is 1. The van der Waals surface area contributed by atoms with Gasteiger partial charge in [-0.05, 0) is 33.3 Å². The quantitative estimate of drug-likeness (QED) is 0.522. The second-order valence-corrected chi connectivity index (χ2v) is 9.57. The second-order valence-electron chi connectivity index (χ2n) is 7.34. The molecule has 1 amide bonds. The molecule has 0 saturated carbocycles. The Morgan fingerprint density at radius 3 is 2.76 bits per heavy atom. The fourth-order valence-electron chi connectivity index (χ4n) is 3.78. The van der Waals surface area contributed by atoms with Gasteiger partial charge < -0.3 is 4.42 Å². The highest BCUT2D eigenvalue weighted by Crippen LogP contribution is 2.26. The van der Waals surface area contributed by atoms with Crippen LogP contribution < -0.4 is 5.43 Å². The number of nitrogens with zero attached hydrogens (tertiary/aromatic N) is 3. The Kier molecular flexibility index (Phi) is 4.77. The normalized spacial score (nSPS) is 18.7. The summed E-state index contributed by atoms with van der Waals surface area (Å²) in [6.07, 6.45) is 2.09. The third kappa shape index (κ3) is 3.57. The average molecular weight is 414 g/mol. The fraction of sp³-hybridized carbons (Fsp3) is 0.350. The van der Waals surface area contributed by atoms with Crippen molar-refractivity contribution in [1.29, 1.82) is 0 Å². The summed E-state index contributed by atoms with van der Waals surface area (Å²) in [6.45, 7) is 5.54. The van der Waals surface area contributed by atoms with Crippen LogP contribution in [0.4, 0.5) is 0 Å². The Labute approximate surface area is 168 Å². The molecule has 1 atom stereocenters. The van der Waals surface area contributed by atoms with Crippen molar-refractivity contribution in [3.8, 4) is 0 Å². The molecule has 1 N–H and O–H groups in total. The molecule has 1 aliphatic rings. The van der Waals surface area contributed by atoms with Gasteiger partial charge in [0.2, 0.25) is 0 Å². The van der Waals surface area contributed by atoms with Gasteiger partial charge in [0.15, 0.2) is 15.6 Å². The van der Waals surface area contributed by atoms with E-state index < -0.39 is 15.7 Å². The molecule has 0 unspecified atom stereocenters. The van der Waals surface area contributed by atoms with E-state index in [4.69, 9.17) is 4.42 Å². The van der Waals surface area contributed by atoms with E-state index in [1.807, 2.05) is 45.0 Å². The van der Waals surface area contributed by atoms with Crippen LogP contribution in [0.5, 0.6) is 0 Å². The van der Waals surface area contributed by atoms with E-state index in [0.717, 1.165) is 27.9 Å². The monoisotopic (exact) mass is 414 g/mol. The maximum absolute atomic E-state index is 12.5. The van der Waals surface area contributed by atoms with Gasteiger partial charge in [0.25, 0.3) is 0 Å². The molecule has 9 heteroatoms. The van der Waals surface area contributed by atoms with Gasteiger partial charge in [0.1, 0.15) is 5.58 Å². The number of carbonyl (C=O) groups excluding carboxylic acids is 1. The van der Waals surface area contributed by atoms with E-state index in [9.17, 15) is 13.2 Å². The summed E-state index contributed by atoms with van der Waals surface area (Å²) in [5, 5.41) is 9.44. The first-order valence-corrected chi connectivity index (χ1v) is 11.2. The Morgan fingerprint density at radius 1 is 1.31 bits per heavy atom. The second kappa shape index (κ2) is 7.14. The lowest BCUT2D eigenvalue weighted by Gasteiger charge is -2.10. The Balaban J connectivity index is 1.52. The van der Waals surface area contributed by atoms with Gasteiger partial charge in [-0.2, -0.15) is 10.2 Å². The summed E-state index contributed by atoms with van der Waals surface area (Å²) in [7, 11) is -3.00. The number of nitrogens with one attached hydrogen (secondary N) is 1. The highest BCUT2D eigenvalue weighted by Gasteiger charge is 2.31. The van der Waals surface area contributed by atoms with Crippen LogP contribution in [0.25, 0.3) is 11.0 Å². The third-order valence-electron chi connectivity index (χ3n) is 5.34. The van der Waals surface area contributed by atoms with Crippen LogP contribution in [0.3, 0.4) is 0 Å². The van der Waals surface area contributed by atoms with Gasteiger partial charge in [0.05, 0.1) is 29.5 Å². The summed E-state index contributed by atoms with van der Waals surface area (Å²) in [6, 6.07) is 7.30. The average Bonchev–Trinajstić information content (AvgIpc) is 3.30. The van der Waals surface area contributed by atoms with E-state index in [-0.39, 0.29) is 23.3 Å². The molecule has 3 aromatic rings. The van der Waals surface area contributed by atoms with Gasteiger partial charge >= 0.3 is 5.91 Å². The summed E-state index contributed by atoms with van der Waals surface area (Å²) in [4.78, 5) is 12.5. The molecular weight excluding hydrogens is 392 g/mol. The number of fused-ring (bicyclic) bond motifs is 1. The number of rotatable bonds is 4. The Morgan fingerprint density at radius 2 is 2.07 bits per heavy atom. The topological polar surface area (TPSA) is 107 Å². The van der Waals surface area contributed by atoms with Crippen LogP contribution in [-0.2, 0) is 9.84 Å². The zero-order valence-corrected chi connectivity index (χ0v) is 17.3. The number of carbonyl (C=O) groups is 1. The molecule has 0 aliphatic carbocycles. The molecular formula is C20H22N4O4S. The first-order valence-electron chi connectivity index (χ1n) is 9.34. The van der Waals surface area contributed by atoms with Gasteiger partial charge in [0, 0.05) is 22.2 Å². The van der Waals surface area contributed by atoms with E-state index in [1.165, 1.54) is 6.21 Å². The van der Waals surface area contributed by atoms with Crippen LogP contribution in [0.15, 0.2) is 33.8 Å². The first kappa shape index (κ1) is 19.4. The molecule has 4 rings (SSSR count). The van der Waals surface area contributed by atoms with Crippen LogP contribution in [0.2, 0.25) is 0 Å². The molecule has 8 nitrogen and oxygen atoms in total. The van der Waals surface area contributed by atoms with E-state index in [0.29, 0.717) is 12.0 Å². The van der Waals surface area contributed by atoms with Crippen molar-refractivity contribution in [1.82, 2.24) is 15.2 Å². The molecule has 0 spiro atoms. The van der Waals surface area contributed by atoms with Crippen LogP contribution in [0.1, 0.15) is 45.5 Å². The number of aromatic nitrogens is 2. The van der Waals surface area contributed by atoms with Crippen molar-refractivity contribution in [2.45, 2.75) is 33.2 Å².